The number of carbonyl (C=O) groups excluding carboxylic acids is 1. The first-order valence-electron chi connectivity index (χ1n) is 10.8. The smallest absolute Gasteiger partial charge is 0.409 e. The monoisotopic (exact) mass is 424 g/mol. The van der Waals surface area contributed by atoms with Crippen molar-refractivity contribution in [2.24, 2.45) is 10.7 Å². The fourth-order valence-electron chi connectivity index (χ4n) is 3.45. The minimum absolute atomic E-state index is 0.221. The lowest BCUT2D eigenvalue weighted by Crippen LogP contribution is -2.48. The molecule has 31 heavy (non-hydrogen) atoms. The molecule has 1 aliphatic rings. The number of aliphatic imine (C=N–C) groups is 1. The molecule has 0 aromatic heterocycles. The molecule has 7 nitrogen and oxygen atoms in total. The van der Waals surface area contributed by atoms with Gasteiger partial charge in [-0.15, -0.1) is 0 Å². The van der Waals surface area contributed by atoms with Crippen LogP contribution in [0.1, 0.15) is 36.5 Å². The van der Waals surface area contributed by atoms with Crippen LogP contribution in [0.2, 0.25) is 0 Å². The number of ether oxygens (including phenoxy) is 2. The minimum atomic E-state index is -0.239. The molecule has 1 saturated heterocycles. The SMILES string of the molecule is CCOC(=O)N1CCC(NC(N)=NCc2ccc(COCc3ccccc3)cc2)CC1. The lowest BCUT2D eigenvalue weighted by molar-refractivity contribution is 0.0963. The number of piperidine rings is 1. The zero-order valence-electron chi connectivity index (χ0n) is 18.1. The molecule has 0 aliphatic carbocycles. The Hall–Kier alpha value is -3.06. The molecule has 0 unspecified atom stereocenters. The summed E-state index contributed by atoms with van der Waals surface area (Å²) in [5, 5.41) is 3.26. The highest BCUT2D eigenvalue weighted by atomic mass is 16.6. The number of rotatable bonds is 8. The van der Waals surface area contributed by atoms with Crippen molar-refractivity contribution in [3.05, 3.63) is 71.3 Å². The molecule has 0 saturated carbocycles. The third kappa shape index (κ3) is 7.61. The molecule has 1 heterocycles. The molecule has 2 aromatic rings. The Morgan fingerprint density at radius 1 is 1.03 bits per heavy atom. The first-order chi connectivity index (χ1) is 15.1. The number of nitrogens with two attached hydrogens (primary N) is 1. The van der Waals surface area contributed by atoms with Gasteiger partial charge in [0.2, 0.25) is 0 Å². The largest absolute Gasteiger partial charge is 0.450 e. The van der Waals surface area contributed by atoms with Gasteiger partial charge in [-0.1, -0.05) is 54.6 Å². The zero-order chi connectivity index (χ0) is 21.9. The van der Waals surface area contributed by atoms with Gasteiger partial charge >= 0.3 is 6.09 Å². The van der Waals surface area contributed by atoms with E-state index in [1.54, 1.807) is 4.90 Å². The van der Waals surface area contributed by atoms with Crippen LogP contribution in [0, 0.1) is 0 Å². The van der Waals surface area contributed by atoms with Crippen LogP contribution in [0.25, 0.3) is 0 Å². The maximum atomic E-state index is 11.8. The van der Waals surface area contributed by atoms with Gasteiger partial charge in [0.15, 0.2) is 5.96 Å². The van der Waals surface area contributed by atoms with Gasteiger partial charge in [0, 0.05) is 19.1 Å². The average molecular weight is 425 g/mol. The highest BCUT2D eigenvalue weighted by Gasteiger charge is 2.23. The quantitative estimate of drug-likeness (QED) is 0.501. The van der Waals surface area contributed by atoms with Crippen LogP contribution in [0.15, 0.2) is 59.6 Å². The van der Waals surface area contributed by atoms with Crippen molar-refractivity contribution in [2.45, 2.75) is 45.6 Å². The fraction of sp³-hybridized carbons (Fsp3) is 0.417. The van der Waals surface area contributed by atoms with E-state index in [0.29, 0.717) is 45.4 Å². The van der Waals surface area contributed by atoms with Crippen LogP contribution in [-0.2, 0) is 29.2 Å². The number of carbonyl (C=O) groups is 1. The molecule has 2 aromatic carbocycles. The Labute approximate surface area is 184 Å². The topological polar surface area (TPSA) is 89.2 Å². The van der Waals surface area contributed by atoms with E-state index in [2.05, 4.69) is 46.7 Å². The Kier molecular flexibility index (Phi) is 8.72. The lowest BCUT2D eigenvalue weighted by Gasteiger charge is -2.31. The van der Waals surface area contributed by atoms with Gasteiger partial charge < -0.3 is 25.4 Å². The Bertz CT molecular complexity index is 832. The number of nitrogens with one attached hydrogen (secondary N) is 1. The molecule has 0 atom stereocenters. The van der Waals surface area contributed by atoms with E-state index in [1.165, 1.54) is 5.56 Å². The van der Waals surface area contributed by atoms with Crippen molar-refractivity contribution in [1.82, 2.24) is 10.2 Å². The summed E-state index contributed by atoms with van der Waals surface area (Å²) in [6, 6.07) is 18.6. The highest BCUT2D eigenvalue weighted by molar-refractivity contribution is 5.78. The summed E-state index contributed by atoms with van der Waals surface area (Å²) >= 11 is 0. The summed E-state index contributed by atoms with van der Waals surface area (Å²) in [6.45, 7) is 5.25. The molecular weight excluding hydrogens is 392 g/mol. The molecule has 166 valence electrons. The zero-order valence-corrected chi connectivity index (χ0v) is 18.1. The van der Waals surface area contributed by atoms with Crippen LogP contribution in [0.3, 0.4) is 0 Å². The number of guanidine groups is 1. The molecule has 1 fully saturated rings. The number of hydrogen-bond donors (Lipinski definition) is 2. The molecule has 0 radical (unpaired) electrons. The third-order valence-corrected chi connectivity index (χ3v) is 5.21. The molecule has 7 heteroatoms. The van der Waals surface area contributed by atoms with Crippen molar-refractivity contribution in [3.8, 4) is 0 Å². The summed E-state index contributed by atoms with van der Waals surface area (Å²) in [5.41, 5.74) is 9.45. The van der Waals surface area contributed by atoms with E-state index in [-0.39, 0.29) is 12.1 Å². The standard InChI is InChI=1S/C24H32N4O3/c1-2-31-24(29)28-14-12-22(13-15-28)27-23(25)26-16-19-8-10-21(11-9-19)18-30-17-20-6-4-3-5-7-20/h3-11,22H,2,12-18H2,1H3,(H3,25,26,27). The molecular formula is C24H32N4O3. The van der Waals surface area contributed by atoms with Crippen LogP contribution in [0.4, 0.5) is 4.79 Å². The lowest BCUT2D eigenvalue weighted by atomic mass is 10.1. The van der Waals surface area contributed by atoms with E-state index in [1.807, 2.05) is 25.1 Å². The summed E-state index contributed by atoms with van der Waals surface area (Å²) in [6.07, 6.45) is 1.41. The third-order valence-electron chi connectivity index (χ3n) is 5.21. The fourth-order valence-corrected chi connectivity index (χ4v) is 3.45. The maximum Gasteiger partial charge on any atom is 0.409 e. The Balaban J connectivity index is 1.37. The van der Waals surface area contributed by atoms with Gasteiger partial charge in [0.25, 0.3) is 0 Å². The molecule has 1 aliphatic heterocycles. The number of benzene rings is 2. The maximum absolute atomic E-state index is 11.8. The van der Waals surface area contributed by atoms with Gasteiger partial charge in [-0.05, 0) is 36.5 Å². The van der Waals surface area contributed by atoms with Crippen LogP contribution in [-0.4, -0.2) is 42.7 Å². The van der Waals surface area contributed by atoms with Crippen molar-refractivity contribution >= 4 is 12.1 Å². The normalized spacial score (nSPS) is 15.0. The van der Waals surface area contributed by atoms with Crippen LogP contribution < -0.4 is 11.1 Å². The van der Waals surface area contributed by atoms with Crippen molar-refractivity contribution < 1.29 is 14.3 Å². The molecule has 0 spiro atoms. The summed E-state index contributed by atoms with van der Waals surface area (Å²) < 4.78 is 10.8. The first-order valence-corrected chi connectivity index (χ1v) is 10.8. The van der Waals surface area contributed by atoms with E-state index in [4.69, 9.17) is 15.2 Å². The second-order valence-corrected chi connectivity index (χ2v) is 7.60. The minimum Gasteiger partial charge on any atom is -0.450 e. The molecule has 3 rings (SSSR count). The summed E-state index contributed by atoms with van der Waals surface area (Å²) in [5.74, 6) is 0.435. The van der Waals surface area contributed by atoms with Crippen molar-refractivity contribution in [3.63, 3.8) is 0 Å². The average Bonchev–Trinajstić information content (AvgIpc) is 2.80. The number of amides is 1. The molecule has 3 N–H and O–H groups in total. The van der Waals surface area contributed by atoms with Crippen LogP contribution in [0.5, 0.6) is 0 Å². The summed E-state index contributed by atoms with van der Waals surface area (Å²) in [4.78, 5) is 17.9. The molecule has 0 bridgehead atoms. The van der Waals surface area contributed by atoms with Crippen molar-refractivity contribution in [2.75, 3.05) is 19.7 Å². The molecule has 1 amide bonds. The number of hydrogen-bond acceptors (Lipinski definition) is 4. The Morgan fingerprint density at radius 2 is 1.65 bits per heavy atom. The van der Waals surface area contributed by atoms with Gasteiger partial charge in [-0.3, -0.25) is 0 Å². The van der Waals surface area contributed by atoms with E-state index >= 15 is 0 Å². The second-order valence-electron chi connectivity index (χ2n) is 7.60. The van der Waals surface area contributed by atoms with Gasteiger partial charge in [0.1, 0.15) is 0 Å². The number of nitrogens with zero attached hydrogens (tertiary/aromatic N) is 2. The highest BCUT2D eigenvalue weighted by Crippen LogP contribution is 2.12. The van der Waals surface area contributed by atoms with Gasteiger partial charge in [0.05, 0.1) is 26.4 Å². The van der Waals surface area contributed by atoms with Gasteiger partial charge in [-0.2, -0.15) is 0 Å². The predicted molar refractivity (Wildman–Crippen MR) is 121 cm³/mol. The predicted octanol–water partition coefficient (Wildman–Crippen LogP) is 3.43. The summed E-state index contributed by atoms with van der Waals surface area (Å²) in [7, 11) is 0. The first kappa shape index (κ1) is 22.6. The second kappa shape index (κ2) is 12.0. The van der Waals surface area contributed by atoms with Gasteiger partial charge in [-0.25, -0.2) is 9.79 Å². The van der Waals surface area contributed by atoms with E-state index < -0.39 is 0 Å². The van der Waals surface area contributed by atoms with Crippen molar-refractivity contribution in [1.29, 1.82) is 0 Å². The van der Waals surface area contributed by atoms with E-state index in [0.717, 1.165) is 24.0 Å². The van der Waals surface area contributed by atoms with E-state index in [9.17, 15) is 4.79 Å². The van der Waals surface area contributed by atoms with Crippen LogP contribution >= 0.6 is 0 Å². The number of likely N-dealkylation sites (tertiary alicyclic amines) is 1. The Morgan fingerprint density at radius 3 is 2.29 bits per heavy atom.